The van der Waals surface area contributed by atoms with E-state index in [1.165, 1.54) is 6.07 Å². The van der Waals surface area contributed by atoms with Crippen LogP contribution in [0.1, 0.15) is 28.7 Å². The lowest BCUT2D eigenvalue weighted by Gasteiger charge is -2.31. The first-order valence-electron chi connectivity index (χ1n) is 11.7. The van der Waals surface area contributed by atoms with Gasteiger partial charge in [0.15, 0.2) is 11.5 Å². The number of methoxy groups -OCH3 is 3. The summed E-state index contributed by atoms with van der Waals surface area (Å²) in [5.41, 5.74) is 3.61. The topological polar surface area (TPSA) is 96.7 Å². The fourth-order valence-electron chi connectivity index (χ4n) is 4.38. The van der Waals surface area contributed by atoms with Gasteiger partial charge in [0.1, 0.15) is 24.7 Å². The van der Waals surface area contributed by atoms with Crippen molar-refractivity contribution in [2.45, 2.75) is 32.9 Å². The van der Waals surface area contributed by atoms with E-state index in [0.29, 0.717) is 55.7 Å². The van der Waals surface area contributed by atoms with Gasteiger partial charge < -0.3 is 28.1 Å². The van der Waals surface area contributed by atoms with Gasteiger partial charge in [0.25, 0.3) is 0 Å². The lowest BCUT2D eigenvalue weighted by Crippen LogP contribution is -2.32. The average molecular weight is 498 g/mol. The van der Waals surface area contributed by atoms with E-state index in [4.69, 9.17) is 28.1 Å². The molecule has 0 spiro atoms. The van der Waals surface area contributed by atoms with Crippen LogP contribution in [0.25, 0.3) is 11.0 Å². The highest BCUT2D eigenvalue weighted by Crippen LogP contribution is 2.38. The predicted octanol–water partition coefficient (Wildman–Crippen LogP) is 3.59. The largest absolute Gasteiger partial charge is 0.493 e. The van der Waals surface area contributed by atoms with E-state index in [-0.39, 0.29) is 19.0 Å². The minimum atomic E-state index is -0.409. The Bertz CT molecular complexity index is 1300. The first-order valence-corrected chi connectivity index (χ1v) is 11.7. The molecule has 0 saturated carbocycles. The Balaban J connectivity index is 1.62. The third-order valence-electron chi connectivity index (χ3n) is 6.14. The highest BCUT2D eigenvalue weighted by molar-refractivity contribution is 5.86. The van der Waals surface area contributed by atoms with Crippen molar-refractivity contribution in [1.29, 1.82) is 0 Å². The molecule has 0 aliphatic carbocycles. The third-order valence-corrected chi connectivity index (χ3v) is 6.14. The molecule has 9 heteroatoms. The molecule has 0 amide bonds. The zero-order valence-electron chi connectivity index (χ0n) is 21.0. The lowest BCUT2D eigenvalue weighted by atomic mass is 9.97. The maximum Gasteiger partial charge on any atom is 0.336 e. The van der Waals surface area contributed by atoms with E-state index in [1.807, 2.05) is 31.2 Å². The molecule has 0 N–H and O–H groups in total. The first-order chi connectivity index (χ1) is 17.4. The molecule has 1 aliphatic heterocycles. The molecule has 3 aromatic rings. The quantitative estimate of drug-likeness (QED) is 0.236. The highest BCUT2D eigenvalue weighted by atomic mass is 16.6. The molecule has 0 radical (unpaired) electrons. The molecule has 0 saturated heterocycles. The number of aryl methyl sites for hydroxylation is 2. The SMILES string of the molecule is COCCOC(=O)CCc1cc2c(C)cc(=O)oc2c2c1OCN(Cc1ccc(OC)c(OC)c1)C2. The normalized spacial score (nSPS) is 13.2. The predicted molar refractivity (Wildman–Crippen MR) is 133 cm³/mol. The molecule has 9 nitrogen and oxygen atoms in total. The standard InChI is InChI=1S/C27H31NO8/c1-17-11-25(30)36-27-20(17)13-19(6-8-24(29)34-10-9-31-2)26-21(27)15-28(16-35-26)14-18-5-7-22(32-3)23(12-18)33-4/h5,7,11-13H,6,8-10,14-16H2,1-4H3. The van der Waals surface area contributed by atoms with Gasteiger partial charge in [-0.25, -0.2) is 4.79 Å². The number of benzene rings is 2. The Labute approximate surface area is 209 Å². The van der Waals surface area contributed by atoms with Gasteiger partial charge in [-0.05, 0) is 48.2 Å². The molecule has 1 aromatic heterocycles. The van der Waals surface area contributed by atoms with Crippen molar-refractivity contribution in [1.82, 2.24) is 4.90 Å². The van der Waals surface area contributed by atoms with Crippen molar-refractivity contribution in [2.24, 2.45) is 0 Å². The molecular weight excluding hydrogens is 466 g/mol. The Hall–Kier alpha value is -3.56. The van der Waals surface area contributed by atoms with Crippen LogP contribution in [0.15, 0.2) is 39.5 Å². The number of carbonyl (C=O) groups excluding carboxylic acids is 1. The van der Waals surface area contributed by atoms with E-state index in [9.17, 15) is 9.59 Å². The fourth-order valence-corrected chi connectivity index (χ4v) is 4.38. The number of nitrogens with zero attached hydrogens (tertiary/aromatic N) is 1. The summed E-state index contributed by atoms with van der Waals surface area (Å²) >= 11 is 0. The van der Waals surface area contributed by atoms with Crippen molar-refractivity contribution in [3.63, 3.8) is 0 Å². The monoisotopic (exact) mass is 497 g/mol. The molecule has 0 bridgehead atoms. The highest BCUT2D eigenvalue weighted by Gasteiger charge is 2.26. The number of hydrogen-bond acceptors (Lipinski definition) is 9. The van der Waals surface area contributed by atoms with Crippen LogP contribution in [0.3, 0.4) is 0 Å². The summed E-state index contributed by atoms with van der Waals surface area (Å²) < 4.78 is 32.7. The zero-order valence-corrected chi connectivity index (χ0v) is 21.0. The molecule has 0 atom stereocenters. The van der Waals surface area contributed by atoms with Gasteiger partial charge in [0.05, 0.1) is 26.4 Å². The van der Waals surface area contributed by atoms with Crippen LogP contribution in [-0.2, 0) is 33.8 Å². The van der Waals surface area contributed by atoms with Crippen LogP contribution in [0.2, 0.25) is 0 Å². The number of esters is 1. The van der Waals surface area contributed by atoms with Crippen LogP contribution in [0.4, 0.5) is 0 Å². The molecule has 0 fully saturated rings. The molecule has 192 valence electrons. The molecule has 0 unspecified atom stereocenters. The van der Waals surface area contributed by atoms with Crippen molar-refractivity contribution in [3.8, 4) is 17.2 Å². The molecule has 1 aliphatic rings. The van der Waals surface area contributed by atoms with Crippen LogP contribution < -0.4 is 19.8 Å². The van der Waals surface area contributed by atoms with Crippen LogP contribution in [0, 0.1) is 6.92 Å². The summed E-state index contributed by atoms with van der Waals surface area (Å²) in [6.07, 6.45) is 0.647. The van der Waals surface area contributed by atoms with Gasteiger partial charge >= 0.3 is 11.6 Å². The zero-order chi connectivity index (χ0) is 25.7. The Morgan fingerprint density at radius 3 is 2.61 bits per heavy atom. The van der Waals surface area contributed by atoms with Gasteiger partial charge in [-0.2, -0.15) is 0 Å². The van der Waals surface area contributed by atoms with E-state index in [1.54, 1.807) is 21.3 Å². The fraction of sp³-hybridized carbons (Fsp3) is 0.407. The van der Waals surface area contributed by atoms with Gasteiger partial charge in [-0.15, -0.1) is 0 Å². The van der Waals surface area contributed by atoms with E-state index >= 15 is 0 Å². The molecular formula is C27H31NO8. The Morgan fingerprint density at radius 1 is 1.06 bits per heavy atom. The van der Waals surface area contributed by atoms with E-state index in [2.05, 4.69) is 4.90 Å². The van der Waals surface area contributed by atoms with Crippen molar-refractivity contribution < 1.29 is 32.9 Å². The first kappa shape index (κ1) is 25.5. The summed E-state index contributed by atoms with van der Waals surface area (Å²) in [5, 5.41) is 0.827. The second kappa shape index (κ2) is 11.5. The number of ether oxygens (including phenoxy) is 5. The molecule has 36 heavy (non-hydrogen) atoms. The van der Waals surface area contributed by atoms with Crippen LogP contribution in [0.5, 0.6) is 17.2 Å². The van der Waals surface area contributed by atoms with Crippen molar-refractivity contribution >= 4 is 16.9 Å². The number of carbonyl (C=O) groups is 1. The summed E-state index contributed by atoms with van der Waals surface area (Å²) in [7, 11) is 4.76. The third kappa shape index (κ3) is 5.63. The number of hydrogen-bond donors (Lipinski definition) is 0. The number of rotatable bonds is 10. The maximum atomic E-state index is 12.2. The average Bonchev–Trinajstić information content (AvgIpc) is 2.87. The molecule has 4 rings (SSSR count). The van der Waals surface area contributed by atoms with E-state index in [0.717, 1.165) is 27.6 Å². The summed E-state index contributed by atoms with van der Waals surface area (Å²) in [6, 6.07) is 9.20. The maximum absolute atomic E-state index is 12.2. The minimum absolute atomic E-state index is 0.205. The van der Waals surface area contributed by atoms with Gasteiger partial charge in [-0.1, -0.05) is 6.07 Å². The van der Waals surface area contributed by atoms with Gasteiger partial charge in [0.2, 0.25) is 0 Å². The molecule has 2 aromatic carbocycles. The summed E-state index contributed by atoms with van der Waals surface area (Å²) in [6.45, 7) is 3.89. The minimum Gasteiger partial charge on any atom is -0.493 e. The van der Waals surface area contributed by atoms with Crippen LogP contribution in [-0.4, -0.2) is 52.1 Å². The Kier molecular flexibility index (Phi) is 8.12. The van der Waals surface area contributed by atoms with Crippen molar-refractivity contribution in [2.75, 3.05) is 41.3 Å². The van der Waals surface area contributed by atoms with Crippen molar-refractivity contribution in [3.05, 3.63) is 63.0 Å². The van der Waals surface area contributed by atoms with Gasteiger partial charge in [-0.3, -0.25) is 9.69 Å². The molecule has 2 heterocycles. The summed E-state index contributed by atoms with van der Waals surface area (Å²) in [5.74, 6) is 1.67. The van der Waals surface area contributed by atoms with E-state index < -0.39 is 5.63 Å². The Morgan fingerprint density at radius 2 is 1.86 bits per heavy atom. The lowest BCUT2D eigenvalue weighted by molar-refractivity contribution is -0.144. The van der Waals surface area contributed by atoms with Gasteiger partial charge in [0, 0.05) is 38.1 Å². The summed E-state index contributed by atoms with van der Waals surface area (Å²) in [4.78, 5) is 26.5. The number of fused-ring (bicyclic) bond motifs is 3. The van der Waals surface area contributed by atoms with Crippen LogP contribution >= 0.6 is 0 Å². The smallest absolute Gasteiger partial charge is 0.336 e. The second-order valence-corrected chi connectivity index (χ2v) is 8.63. The second-order valence-electron chi connectivity index (χ2n) is 8.63.